The molecule has 5 heteroatoms. The van der Waals surface area contributed by atoms with E-state index in [9.17, 15) is 9.59 Å². The Labute approximate surface area is 90.8 Å². The zero-order valence-electron chi connectivity index (χ0n) is 9.67. The Kier molecular flexibility index (Phi) is 6.70. The molecule has 0 aliphatic rings. The maximum atomic E-state index is 11.4. The average Bonchev–Trinajstić information content (AvgIpc) is 2.13. The van der Waals surface area contributed by atoms with Gasteiger partial charge in [0.1, 0.15) is 6.04 Å². The molecule has 15 heavy (non-hydrogen) atoms. The first-order valence-electron chi connectivity index (χ1n) is 5.22. The van der Waals surface area contributed by atoms with Crippen LogP contribution in [0.3, 0.4) is 0 Å². The van der Waals surface area contributed by atoms with E-state index >= 15 is 0 Å². The highest BCUT2D eigenvalue weighted by molar-refractivity contribution is 5.86. The minimum absolute atomic E-state index is 0.0238. The van der Waals surface area contributed by atoms with Crippen molar-refractivity contribution in [1.82, 2.24) is 10.6 Å². The molecule has 0 radical (unpaired) electrons. The molecule has 0 fully saturated rings. The summed E-state index contributed by atoms with van der Waals surface area (Å²) in [7, 11) is 1.83. The van der Waals surface area contributed by atoms with Gasteiger partial charge in [0.15, 0.2) is 0 Å². The van der Waals surface area contributed by atoms with Gasteiger partial charge in [-0.05, 0) is 25.9 Å². The molecule has 1 unspecified atom stereocenters. The van der Waals surface area contributed by atoms with Crippen LogP contribution in [0.5, 0.6) is 0 Å². The summed E-state index contributed by atoms with van der Waals surface area (Å²) in [5.41, 5.74) is 5.17. The maximum absolute atomic E-state index is 11.4. The fraction of sp³-hybridized carbons (Fsp3) is 0.800. The van der Waals surface area contributed by atoms with Crippen LogP contribution in [0.15, 0.2) is 0 Å². The highest BCUT2D eigenvalue weighted by Gasteiger charge is 2.20. The number of hydrogen-bond acceptors (Lipinski definition) is 3. The van der Waals surface area contributed by atoms with E-state index in [0.717, 1.165) is 13.0 Å². The van der Waals surface area contributed by atoms with Crippen molar-refractivity contribution in [2.45, 2.75) is 32.7 Å². The van der Waals surface area contributed by atoms with Crippen molar-refractivity contribution in [2.75, 3.05) is 13.6 Å². The van der Waals surface area contributed by atoms with E-state index < -0.39 is 11.9 Å². The van der Waals surface area contributed by atoms with E-state index in [1.165, 1.54) is 0 Å². The van der Waals surface area contributed by atoms with Gasteiger partial charge in [-0.15, -0.1) is 0 Å². The first kappa shape index (κ1) is 13.9. The Bertz CT molecular complexity index is 217. The fourth-order valence-corrected chi connectivity index (χ4v) is 1.24. The number of primary amides is 1. The minimum Gasteiger partial charge on any atom is -0.368 e. The second-order valence-corrected chi connectivity index (χ2v) is 3.90. The largest absolute Gasteiger partial charge is 0.368 e. The summed E-state index contributed by atoms with van der Waals surface area (Å²) in [6, 6.07) is -0.563. The predicted octanol–water partition coefficient (Wildman–Crippen LogP) is -0.388. The molecule has 4 N–H and O–H groups in total. The zero-order chi connectivity index (χ0) is 11.8. The van der Waals surface area contributed by atoms with Crippen molar-refractivity contribution in [2.24, 2.45) is 11.7 Å². The molecule has 0 saturated carbocycles. The van der Waals surface area contributed by atoms with E-state index in [1.54, 1.807) is 0 Å². The number of rotatable bonds is 7. The fourth-order valence-electron chi connectivity index (χ4n) is 1.24. The normalized spacial score (nSPS) is 12.5. The molecule has 0 aromatic rings. The van der Waals surface area contributed by atoms with Crippen molar-refractivity contribution in [1.29, 1.82) is 0 Å². The van der Waals surface area contributed by atoms with Crippen LogP contribution in [0.4, 0.5) is 0 Å². The molecule has 0 rings (SSSR count). The SMILES string of the molecule is CNCCCC(=O)NC(C(N)=O)C(C)C. The lowest BCUT2D eigenvalue weighted by Crippen LogP contribution is -2.47. The second-order valence-electron chi connectivity index (χ2n) is 3.90. The quantitative estimate of drug-likeness (QED) is 0.506. The minimum atomic E-state index is -0.563. The Hall–Kier alpha value is -1.10. The van der Waals surface area contributed by atoms with Crippen molar-refractivity contribution in [3.05, 3.63) is 0 Å². The van der Waals surface area contributed by atoms with Gasteiger partial charge in [-0.25, -0.2) is 0 Å². The Balaban J connectivity index is 3.95. The molecule has 0 aliphatic heterocycles. The molecule has 88 valence electrons. The van der Waals surface area contributed by atoms with Gasteiger partial charge >= 0.3 is 0 Å². The van der Waals surface area contributed by atoms with Crippen LogP contribution >= 0.6 is 0 Å². The third-order valence-electron chi connectivity index (χ3n) is 2.12. The van der Waals surface area contributed by atoms with Crippen molar-refractivity contribution in [3.63, 3.8) is 0 Å². The lowest BCUT2D eigenvalue weighted by Gasteiger charge is -2.18. The molecular formula is C10H21N3O2. The maximum Gasteiger partial charge on any atom is 0.240 e. The summed E-state index contributed by atoms with van der Waals surface area (Å²) in [5, 5.41) is 5.58. The molecule has 0 aromatic carbocycles. The average molecular weight is 215 g/mol. The van der Waals surface area contributed by atoms with Crippen molar-refractivity contribution < 1.29 is 9.59 Å². The third kappa shape index (κ3) is 6.06. The summed E-state index contributed by atoms with van der Waals surface area (Å²) in [4.78, 5) is 22.4. The molecule has 0 bridgehead atoms. The molecule has 0 aromatic heterocycles. The van der Waals surface area contributed by atoms with E-state index in [1.807, 2.05) is 20.9 Å². The monoisotopic (exact) mass is 215 g/mol. The zero-order valence-corrected chi connectivity index (χ0v) is 9.67. The smallest absolute Gasteiger partial charge is 0.240 e. The number of hydrogen-bond donors (Lipinski definition) is 3. The van der Waals surface area contributed by atoms with Crippen molar-refractivity contribution >= 4 is 11.8 Å². The van der Waals surface area contributed by atoms with E-state index in [2.05, 4.69) is 10.6 Å². The Morgan fingerprint density at radius 3 is 2.33 bits per heavy atom. The van der Waals surface area contributed by atoms with Crippen LogP contribution in [-0.2, 0) is 9.59 Å². The van der Waals surface area contributed by atoms with Crippen LogP contribution in [-0.4, -0.2) is 31.4 Å². The van der Waals surface area contributed by atoms with Crippen LogP contribution in [0.2, 0.25) is 0 Å². The van der Waals surface area contributed by atoms with Crippen LogP contribution < -0.4 is 16.4 Å². The molecule has 2 amide bonds. The van der Waals surface area contributed by atoms with Crippen LogP contribution in [0.25, 0.3) is 0 Å². The Morgan fingerprint density at radius 1 is 1.33 bits per heavy atom. The van der Waals surface area contributed by atoms with Crippen LogP contribution in [0.1, 0.15) is 26.7 Å². The van der Waals surface area contributed by atoms with Gasteiger partial charge in [0.25, 0.3) is 0 Å². The lowest BCUT2D eigenvalue weighted by atomic mass is 10.0. The number of carbonyl (C=O) groups excluding carboxylic acids is 2. The predicted molar refractivity (Wildman–Crippen MR) is 59.1 cm³/mol. The number of nitrogens with two attached hydrogens (primary N) is 1. The summed E-state index contributed by atoms with van der Waals surface area (Å²) in [6.45, 7) is 4.49. The van der Waals surface area contributed by atoms with Gasteiger partial charge in [-0.3, -0.25) is 9.59 Å². The molecule has 0 aliphatic carbocycles. The standard InChI is InChI=1S/C10H21N3O2/c1-7(2)9(10(11)15)13-8(14)5-4-6-12-3/h7,9,12H,4-6H2,1-3H3,(H2,11,15)(H,13,14). The molecule has 0 saturated heterocycles. The molecular weight excluding hydrogens is 194 g/mol. The van der Waals surface area contributed by atoms with Gasteiger partial charge in [-0.1, -0.05) is 13.8 Å². The van der Waals surface area contributed by atoms with E-state index in [4.69, 9.17) is 5.73 Å². The van der Waals surface area contributed by atoms with E-state index in [0.29, 0.717) is 6.42 Å². The topological polar surface area (TPSA) is 84.2 Å². The summed E-state index contributed by atoms with van der Waals surface area (Å²) >= 11 is 0. The molecule has 0 heterocycles. The van der Waals surface area contributed by atoms with Gasteiger partial charge in [0.05, 0.1) is 0 Å². The first-order valence-corrected chi connectivity index (χ1v) is 5.22. The second kappa shape index (κ2) is 7.23. The summed E-state index contributed by atoms with van der Waals surface area (Å²) in [6.07, 6.45) is 1.17. The first-order chi connectivity index (χ1) is 6.99. The highest BCUT2D eigenvalue weighted by atomic mass is 16.2. The number of nitrogens with one attached hydrogen (secondary N) is 2. The summed E-state index contributed by atoms with van der Waals surface area (Å²) in [5.74, 6) is -0.578. The number of amides is 2. The van der Waals surface area contributed by atoms with Crippen molar-refractivity contribution in [3.8, 4) is 0 Å². The summed E-state index contributed by atoms with van der Waals surface area (Å²) < 4.78 is 0. The number of carbonyl (C=O) groups is 2. The van der Waals surface area contributed by atoms with Gasteiger partial charge in [-0.2, -0.15) is 0 Å². The van der Waals surface area contributed by atoms with Gasteiger partial charge in [0.2, 0.25) is 11.8 Å². The highest BCUT2D eigenvalue weighted by Crippen LogP contribution is 2.01. The van der Waals surface area contributed by atoms with Gasteiger partial charge < -0.3 is 16.4 Å². The van der Waals surface area contributed by atoms with Crippen LogP contribution in [0, 0.1) is 5.92 Å². The lowest BCUT2D eigenvalue weighted by molar-refractivity contribution is -0.128. The third-order valence-corrected chi connectivity index (χ3v) is 2.12. The molecule has 0 spiro atoms. The van der Waals surface area contributed by atoms with Gasteiger partial charge in [0, 0.05) is 6.42 Å². The Morgan fingerprint density at radius 2 is 1.93 bits per heavy atom. The molecule has 1 atom stereocenters. The molecule has 5 nitrogen and oxygen atoms in total. The van der Waals surface area contributed by atoms with E-state index in [-0.39, 0.29) is 11.8 Å².